The molecule has 3 fully saturated rings. The maximum Gasteiger partial charge on any atom is 0.319 e. The second-order valence-corrected chi connectivity index (χ2v) is 12.9. The van der Waals surface area contributed by atoms with Gasteiger partial charge in [0, 0.05) is 24.2 Å². The lowest BCUT2D eigenvalue weighted by Gasteiger charge is -2.43. The number of piperidine rings is 1. The Kier molecular flexibility index (Phi) is 6.61. The zero-order valence-electron chi connectivity index (χ0n) is 19.6. The first-order valence-electron chi connectivity index (χ1n) is 11.7. The third kappa shape index (κ3) is 4.63. The van der Waals surface area contributed by atoms with Crippen LogP contribution >= 0.6 is 0 Å². The van der Waals surface area contributed by atoms with Crippen LogP contribution in [0.1, 0.15) is 64.9 Å². The molecule has 188 valence electrons. The highest BCUT2D eigenvalue weighted by Crippen LogP contribution is 2.51. The second-order valence-electron chi connectivity index (χ2n) is 10.9. The van der Waals surface area contributed by atoms with Crippen LogP contribution in [0.25, 0.3) is 0 Å². The summed E-state index contributed by atoms with van der Waals surface area (Å²) in [7, 11) is -1.49. The van der Waals surface area contributed by atoms with E-state index >= 15 is 0 Å². The van der Waals surface area contributed by atoms with Crippen molar-refractivity contribution in [1.29, 1.82) is 0 Å². The first-order chi connectivity index (χ1) is 15.8. The summed E-state index contributed by atoms with van der Waals surface area (Å²) < 4.78 is 57.2. The lowest BCUT2D eigenvalue weighted by molar-refractivity contribution is -0.156. The third-order valence-electron chi connectivity index (χ3n) is 7.49. The molecule has 1 saturated carbocycles. The lowest BCUT2D eigenvalue weighted by atomic mass is 9.82. The summed E-state index contributed by atoms with van der Waals surface area (Å²) in [6.07, 6.45) is 3.30. The molecule has 2 saturated heterocycles. The van der Waals surface area contributed by atoms with Crippen LogP contribution in [0.15, 0.2) is 12.1 Å². The number of carbonyl (C=O) groups is 2. The van der Waals surface area contributed by atoms with Gasteiger partial charge < -0.3 is 10.0 Å². The second kappa shape index (κ2) is 8.93. The van der Waals surface area contributed by atoms with E-state index in [4.69, 9.17) is 0 Å². The molecule has 1 aliphatic carbocycles. The molecule has 4 rings (SSSR count). The number of carbonyl (C=O) groups excluding carboxylic acids is 1. The number of nitrogens with zero attached hydrogens (tertiary/aromatic N) is 1. The van der Waals surface area contributed by atoms with Crippen molar-refractivity contribution in [3.05, 3.63) is 35.1 Å². The number of rotatable bonds is 7. The molecular formula is C24H31F3N2O4S. The van der Waals surface area contributed by atoms with Crippen molar-refractivity contribution in [3.8, 4) is 0 Å². The molecule has 0 spiro atoms. The first-order valence-corrected chi connectivity index (χ1v) is 12.9. The Balaban J connectivity index is 1.57. The van der Waals surface area contributed by atoms with Crippen molar-refractivity contribution >= 4 is 22.9 Å². The molecule has 1 amide bonds. The Morgan fingerprint density at radius 2 is 1.68 bits per heavy atom. The fourth-order valence-corrected chi connectivity index (χ4v) is 6.25. The van der Waals surface area contributed by atoms with Crippen molar-refractivity contribution in [3.63, 3.8) is 0 Å². The minimum absolute atomic E-state index is 0.00373. The van der Waals surface area contributed by atoms with Gasteiger partial charge in [-0.3, -0.25) is 9.59 Å². The predicted octanol–water partition coefficient (Wildman–Crippen LogP) is 3.70. The Hall–Kier alpha value is -1.94. The molecule has 1 aromatic carbocycles. The summed E-state index contributed by atoms with van der Waals surface area (Å²) in [6, 6.07) is 0.588. The number of aliphatic carboxylic acids is 1. The number of hydrogen-bond donors (Lipinski definition) is 2. The standard InChI is InChI=1S/C24H31F3N2O4S/c1-23(2,3)34(33)28-20(11-13-10-18(26)19(27)12-17(13)25)14-8-15-4-5-16(9-14)29(15)21(30)24(6-7-24)22(31)32/h10,12,14-16,20,28H,4-9,11H2,1-3H3,(H,31,32)/t14?,15-,16+,20-,34?/m1/s1. The number of halogens is 3. The van der Waals surface area contributed by atoms with Crippen LogP contribution in [0.4, 0.5) is 13.2 Å². The van der Waals surface area contributed by atoms with E-state index in [1.807, 2.05) is 0 Å². The van der Waals surface area contributed by atoms with Gasteiger partial charge in [0.25, 0.3) is 0 Å². The fourth-order valence-electron chi connectivity index (χ4n) is 5.35. The molecule has 2 N–H and O–H groups in total. The van der Waals surface area contributed by atoms with Crippen molar-refractivity contribution in [1.82, 2.24) is 9.62 Å². The van der Waals surface area contributed by atoms with Gasteiger partial charge in [-0.15, -0.1) is 0 Å². The van der Waals surface area contributed by atoms with Gasteiger partial charge in [-0.1, -0.05) is 0 Å². The van der Waals surface area contributed by atoms with Gasteiger partial charge in [-0.2, -0.15) is 0 Å². The fraction of sp³-hybridized carbons (Fsp3) is 0.667. The van der Waals surface area contributed by atoms with E-state index in [2.05, 4.69) is 4.72 Å². The maximum atomic E-state index is 14.5. The smallest absolute Gasteiger partial charge is 0.319 e. The van der Waals surface area contributed by atoms with Gasteiger partial charge in [0.05, 0.1) is 15.7 Å². The Morgan fingerprint density at radius 3 is 2.18 bits per heavy atom. The Morgan fingerprint density at radius 1 is 1.12 bits per heavy atom. The predicted molar refractivity (Wildman–Crippen MR) is 121 cm³/mol. The number of carboxylic acids is 1. The zero-order chi connectivity index (χ0) is 25.0. The highest BCUT2D eigenvalue weighted by molar-refractivity contribution is 7.84. The molecule has 2 unspecified atom stereocenters. The van der Waals surface area contributed by atoms with Crippen molar-refractivity contribution in [2.75, 3.05) is 0 Å². The van der Waals surface area contributed by atoms with Gasteiger partial charge in [0.2, 0.25) is 5.91 Å². The summed E-state index contributed by atoms with van der Waals surface area (Å²) in [4.78, 5) is 26.6. The largest absolute Gasteiger partial charge is 0.480 e. The number of nitrogens with one attached hydrogen (secondary N) is 1. The molecule has 0 radical (unpaired) electrons. The van der Waals surface area contributed by atoms with Crippen molar-refractivity contribution in [2.45, 2.75) is 88.6 Å². The highest BCUT2D eigenvalue weighted by Gasteiger charge is 2.61. The van der Waals surface area contributed by atoms with Crippen molar-refractivity contribution in [2.24, 2.45) is 11.3 Å². The molecule has 1 aromatic rings. The topological polar surface area (TPSA) is 86.7 Å². The van der Waals surface area contributed by atoms with Gasteiger partial charge in [-0.05, 0) is 83.3 Å². The molecule has 5 atom stereocenters. The van der Waals surface area contributed by atoms with E-state index < -0.39 is 50.6 Å². The molecule has 2 aliphatic heterocycles. The van der Waals surface area contributed by atoms with Crippen LogP contribution in [0.5, 0.6) is 0 Å². The average Bonchev–Trinajstić information content (AvgIpc) is 3.51. The minimum Gasteiger partial charge on any atom is -0.480 e. The highest BCUT2D eigenvalue weighted by atomic mass is 32.2. The molecule has 10 heteroatoms. The van der Waals surface area contributed by atoms with Gasteiger partial charge in [0.15, 0.2) is 11.6 Å². The van der Waals surface area contributed by atoms with E-state index in [9.17, 15) is 32.1 Å². The number of amides is 1. The molecule has 34 heavy (non-hydrogen) atoms. The molecule has 0 aromatic heterocycles. The van der Waals surface area contributed by atoms with Gasteiger partial charge in [-0.25, -0.2) is 22.1 Å². The monoisotopic (exact) mass is 500 g/mol. The van der Waals surface area contributed by atoms with Crippen LogP contribution in [-0.4, -0.2) is 49.0 Å². The van der Waals surface area contributed by atoms with Crippen molar-refractivity contribution < 1.29 is 32.1 Å². The SMILES string of the molecule is CC(C)(C)S(=O)N[C@H](Cc1cc(F)c(F)cc1F)C1C[C@H]2CC[C@@H](C1)N2C(=O)C1(C(=O)O)CC1. The number of carboxylic acid groups (broad SMARTS) is 1. The number of hydrogen-bond acceptors (Lipinski definition) is 3. The summed E-state index contributed by atoms with van der Waals surface area (Å²) in [5, 5.41) is 9.56. The summed E-state index contributed by atoms with van der Waals surface area (Å²) >= 11 is 0. The average molecular weight is 501 g/mol. The maximum absolute atomic E-state index is 14.5. The van der Waals surface area contributed by atoms with Crippen LogP contribution in [-0.2, 0) is 27.0 Å². The Labute approximate surface area is 199 Å². The van der Waals surface area contributed by atoms with Crippen LogP contribution in [0.3, 0.4) is 0 Å². The zero-order valence-corrected chi connectivity index (χ0v) is 20.4. The van der Waals surface area contributed by atoms with E-state index in [-0.39, 0.29) is 35.9 Å². The summed E-state index contributed by atoms with van der Waals surface area (Å²) in [5.74, 6) is -4.76. The molecule has 2 heterocycles. The van der Waals surface area contributed by atoms with Crippen LogP contribution in [0, 0.1) is 28.8 Å². The van der Waals surface area contributed by atoms with Crippen LogP contribution < -0.4 is 4.72 Å². The summed E-state index contributed by atoms with van der Waals surface area (Å²) in [6.45, 7) is 5.41. The minimum atomic E-state index is -1.49. The van der Waals surface area contributed by atoms with E-state index in [0.29, 0.717) is 31.7 Å². The molecule has 6 nitrogen and oxygen atoms in total. The number of benzene rings is 1. The first kappa shape index (κ1) is 25.2. The van der Waals surface area contributed by atoms with Gasteiger partial charge in [0.1, 0.15) is 11.2 Å². The van der Waals surface area contributed by atoms with Gasteiger partial charge >= 0.3 is 5.97 Å². The summed E-state index contributed by atoms with van der Waals surface area (Å²) in [5.41, 5.74) is -1.30. The van der Waals surface area contributed by atoms with E-state index in [1.54, 1.807) is 25.7 Å². The molecular weight excluding hydrogens is 469 g/mol. The number of fused-ring (bicyclic) bond motifs is 2. The molecule has 2 bridgehead atoms. The quantitative estimate of drug-likeness (QED) is 0.442. The normalized spacial score (nSPS) is 27.4. The van der Waals surface area contributed by atoms with Crippen LogP contribution in [0.2, 0.25) is 0 Å². The molecule has 3 aliphatic rings. The van der Waals surface area contributed by atoms with E-state index in [1.165, 1.54) is 0 Å². The lowest BCUT2D eigenvalue weighted by Crippen LogP contribution is -2.55. The third-order valence-corrected chi connectivity index (χ3v) is 9.11. The Bertz CT molecular complexity index is 1010. The van der Waals surface area contributed by atoms with E-state index in [0.717, 1.165) is 18.9 Å².